The smallest absolute Gasteiger partial charge is 0.157 e. The molecule has 1 atom stereocenters. The number of thioether (sulfide) groups is 1. The van der Waals surface area contributed by atoms with Crippen LogP contribution in [0.4, 0.5) is 0 Å². The highest BCUT2D eigenvalue weighted by Gasteiger charge is 2.22. The summed E-state index contributed by atoms with van der Waals surface area (Å²) >= 11 is 1.80. The van der Waals surface area contributed by atoms with Crippen LogP contribution in [-0.2, 0) is 6.54 Å². The van der Waals surface area contributed by atoms with E-state index in [2.05, 4.69) is 24.2 Å². The SMILES string of the molecule is Cc1ccc(CN=C2N[C@@H](C(C)C)CS2)o1. The third-order valence-corrected chi connectivity index (χ3v) is 3.73. The summed E-state index contributed by atoms with van der Waals surface area (Å²) in [5.74, 6) is 3.65. The molecule has 2 heterocycles. The van der Waals surface area contributed by atoms with E-state index in [-0.39, 0.29) is 0 Å². The van der Waals surface area contributed by atoms with Crippen LogP contribution in [0.5, 0.6) is 0 Å². The summed E-state index contributed by atoms with van der Waals surface area (Å²) in [5, 5.41) is 4.49. The summed E-state index contributed by atoms with van der Waals surface area (Å²) in [5.41, 5.74) is 0. The van der Waals surface area contributed by atoms with Gasteiger partial charge in [-0.15, -0.1) is 0 Å². The molecule has 88 valence electrons. The summed E-state index contributed by atoms with van der Waals surface area (Å²) in [6.45, 7) is 7.05. The van der Waals surface area contributed by atoms with Gasteiger partial charge < -0.3 is 9.73 Å². The second-order valence-corrected chi connectivity index (χ2v) is 5.45. The standard InChI is InChI=1S/C12H18N2OS/c1-8(2)11-7-16-12(14-11)13-6-10-5-4-9(3)15-10/h4-5,8,11H,6-7H2,1-3H3,(H,13,14)/t11-/m1/s1. The van der Waals surface area contributed by atoms with Crippen LogP contribution < -0.4 is 5.32 Å². The highest BCUT2D eigenvalue weighted by molar-refractivity contribution is 8.14. The first-order valence-corrected chi connectivity index (χ1v) is 6.63. The first-order chi connectivity index (χ1) is 7.65. The molecule has 0 saturated carbocycles. The first-order valence-electron chi connectivity index (χ1n) is 5.64. The van der Waals surface area contributed by atoms with Crippen molar-refractivity contribution in [2.75, 3.05) is 5.75 Å². The lowest BCUT2D eigenvalue weighted by molar-refractivity contribution is 0.484. The Bertz CT molecular complexity index is 384. The summed E-state index contributed by atoms with van der Waals surface area (Å²) in [6.07, 6.45) is 0. The number of aryl methyl sites for hydroxylation is 1. The summed E-state index contributed by atoms with van der Waals surface area (Å²) in [4.78, 5) is 4.51. The average molecular weight is 238 g/mol. The molecule has 0 spiro atoms. The fraction of sp³-hybridized carbons (Fsp3) is 0.583. The van der Waals surface area contributed by atoms with E-state index >= 15 is 0 Å². The molecule has 1 N–H and O–H groups in total. The van der Waals surface area contributed by atoms with Gasteiger partial charge in [0.2, 0.25) is 0 Å². The molecule has 0 amide bonds. The van der Waals surface area contributed by atoms with Crippen molar-refractivity contribution in [2.45, 2.75) is 33.4 Å². The molecule has 0 aliphatic carbocycles. The van der Waals surface area contributed by atoms with E-state index in [0.717, 1.165) is 22.4 Å². The number of rotatable bonds is 3. The van der Waals surface area contributed by atoms with Crippen LogP contribution in [-0.4, -0.2) is 17.0 Å². The molecular formula is C12H18N2OS. The molecule has 0 radical (unpaired) electrons. The Morgan fingerprint density at radius 3 is 2.94 bits per heavy atom. The van der Waals surface area contributed by atoms with Crippen LogP contribution in [0.25, 0.3) is 0 Å². The van der Waals surface area contributed by atoms with Crippen molar-refractivity contribution in [1.29, 1.82) is 0 Å². The molecule has 0 unspecified atom stereocenters. The molecule has 1 aromatic heterocycles. The van der Waals surface area contributed by atoms with Crippen LogP contribution in [0.3, 0.4) is 0 Å². The Kier molecular flexibility index (Phi) is 3.59. The first kappa shape index (κ1) is 11.6. The molecule has 0 bridgehead atoms. The van der Waals surface area contributed by atoms with Gasteiger partial charge in [-0.1, -0.05) is 25.6 Å². The number of aliphatic imine (C=N–C) groups is 1. The molecule has 0 aromatic carbocycles. The number of nitrogens with zero attached hydrogens (tertiary/aromatic N) is 1. The molecule has 1 saturated heterocycles. The van der Waals surface area contributed by atoms with Crippen molar-refractivity contribution in [3.63, 3.8) is 0 Å². The van der Waals surface area contributed by atoms with Gasteiger partial charge in [0.1, 0.15) is 11.5 Å². The molecule has 1 fully saturated rings. The molecule has 1 aliphatic rings. The van der Waals surface area contributed by atoms with E-state index in [4.69, 9.17) is 4.42 Å². The fourth-order valence-electron chi connectivity index (χ4n) is 1.58. The molecule has 1 aromatic rings. The Morgan fingerprint density at radius 2 is 2.38 bits per heavy atom. The highest BCUT2D eigenvalue weighted by Crippen LogP contribution is 2.19. The van der Waals surface area contributed by atoms with Gasteiger partial charge >= 0.3 is 0 Å². The fourth-order valence-corrected chi connectivity index (χ4v) is 2.78. The minimum Gasteiger partial charge on any atom is -0.464 e. The molecular weight excluding hydrogens is 220 g/mol. The topological polar surface area (TPSA) is 37.5 Å². The predicted molar refractivity (Wildman–Crippen MR) is 68.8 cm³/mol. The van der Waals surface area contributed by atoms with Crippen molar-refractivity contribution in [3.8, 4) is 0 Å². The zero-order valence-electron chi connectivity index (χ0n) is 9.99. The summed E-state index contributed by atoms with van der Waals surface area (Å²) < 4.78 is 5.47. The monoisotopic (exact) mass is 238 g/mol. The van der Waals surface area contributed by atoms with Gasteiger partial charge in [0.25, 0.3) is 0 Å². The Balaban J connectivity index is 1.90. The lowest BCUT2D eigenvalue weighted by Crippen LogP contribution is -2.31. The van der Waals surface area contributed by atoms with Gasteiger partial charge in [-0.05, 0) is 25.0 Å². The van der Waals surface area contributed by atoms with Crippen LogP contribution >= 0.6 is 11.8 Å². The lowest BCUT2D eigenvalue weighted by Gasteiger charge is -2.12. The Labute approximate surface area is 101 Å². The third-order valence-electron chi connectivity index (χ3n) is 2.69. The normalized spacial score (nSPS) is 23.0. The van der Waals surface area contributed by atoms with E-state index in [1.165, 1.54) is 0 Å². The molecule has 16 heavy (non-hydrogen) atoms. The van der Waals surface area contributed by atoms with Crippen molar-refractivity contribution in [2.24, 2.45) is 10.9 Å². The zero-order chi connectivity index (χ0) is 11.5. The minimum absolute atomic E-state index is 0.557. The predicted octanol–water partition coefficient (Wildman–Crippen LogP) is 2.81. The van der Waals surface area contributed by atoms with E-state index in [1.54, 1.807) is 11.8 Å². The number of nitrogens with one attached hydrogen (secondary N) is 1. The lowest BCUT2D eigenvalue weighted by atomic mass is 10.1. The zero-order valence-corrected chi connectivity index (χ0v) is 10.8. The van der Waals surface area contributed by atoms with Gasteiger partial charge in [0.05, 0.1) is 6.54 Å². The van der Waals surface area contributed by atoms with Gasteiger partial charge in [-0.2, -0.15) is 0 Å². The third kappa shape index (κ3) is 2.82. The Hall–Kier alpha value is -0.900. The van der Waals surface area contributed by atoms with E-state index in [0.29, 0.717) is 18.5 Å². The molecule has 4 heteroatoms. The van der Waals surface area contributed by atoms with Crippen LogP contribution in [0.15, 0.2) is 21.5 Å². The number of furan rings is 1. The van der Waals surface area contributed by atoms with Crippen molar-refractivity contribution < 1.29 is 4.42 Å². The second-order valence-electron chi connectivity index (χ2n) is 4.44. The maximum absolute atomic E-state index is 5.47. The van der Waals surface area contributed by atoms with Crippen molar-refractivity contribution in [3.05, 3.63) is 23.7 Å². The van der Waals surface area contributed by atoms with Gasteiger partial charge in [0.15, 0.2) is 5.17 Å². The van der Waals surface area contributed by atoms with Crippen LogP contribution in [0, 0.1) is 12.8 Å². The van der Waals surface area contributed by atoms with Gasteiger partial charge in [0, 0.05) is 11.8 Å². The highest BCUT2D eigenvalue weighted by atomic mass is 32.2. The number of amidine groups is 1. The van der Waals surface area contributed by atoms with Gasteiger partial charge in [-0.3, -0.25) is 4.99 Å². The second kappa shape index (κ2) is 4.95. The summed E-state index contributed by atoms with van der Waals surface area (Å²) in [6, 6.07) is 4.52. The van der Waals surface area contributed by atoms with Crippen molar-refractivity contribution >= 4 is 16.9 Å². The number of hydrogen-bond donors (Lipinski definition) is 1. The summed E-state index contributed by atoms with van der Waals surface area (Å²) in [7, 11) is 0. The van der Waals surface area contributed by atoms with E-state index < -0.39 is 0 Å². The largest absolute Gasteiger partial charge is 0.464 e. The average Bonchev–Trinajstić information content (AvgIpc) is 2.83. The molecule has 2 rings (SSSR count). The minimum atomic E-state index is 0.557. The van der Waals surface area contributed by atoms with E-state index in [9.17, 15) is 0 Å². The molecule has 3 nitrogen and oxygen atoms in total. The molecule has 1 aliphatic heterocycles. The van der Waals surface area contributed by atoms with Crippen molar-refractivity contribution in [1.82, 2.24) is 5.32 Å². The Morgan fingerprint density at radius 1 is 1.56 bits per heavy atom. The van der Waals surface area contributed by atoms with Crippen LogP contribution in [0.2, 0.25) is 0 Å². The maximum atomic E-state index is 5.47. The van der Waals surface area contributed by atoms with Crippen LogP contribution in [0.1, 0.15) is 25.4 Å². The quantitative estimate of drug-likeness (QED) is 0.880. The van der Waals surface area contributed by atoms with E-state index in [1.807, 2.05) is 19.1 Å². The maximum Gasteiger partial charge on any atom is 0.157 e. The number of hydrogen-bond acceptors (Lipinski definition) is 3. The van der Waals surface area contributed by atoms with Gasteiger partial charge in [-0.25, -0.2) is 0 Å².